The zero-order valence-electron chi connectivity index (χ0n) is 10.7. The van der Waals surface area contributed by atoms with Gasteiger partial charge in [0, 0.05) is 15.6 Å². The molecular weight excluding hydrogens is 216 g/mol. The number of thioether (sulfide) groups is 1. The van der Waals surface area contributed by atoms with Crippen molar-refractivity contribution in [2.75, 3.05) is 0 Å². The summed E-state index contributed by atoms with van der Waals surface area (Å²) in [6.07, 6.45) is -0.328. The highest BCUT2D eigenvalue weighted by molar-refractivity contribution is 8.00. The number of aliphatic hydroxyl groups is 1. The topological polar surface area (TPSA) is 20.2 Å². The third-order valence-electron chi connectivity index (χ3n) is 3.98. The Bertz CT molecular complexity index is 423. The molecule has 2 atom stereocenters. The second kappa shape index (κ2) is 3.78. The van der Waals surface area contributed by atoms with E-state index in [0.29, 0.717) is 0 Å². The van der Waals surface area contributed by atoms with E-state index in [2.05, 4.69) is 46.8 Å². The van der Waals surface area contributed by atoms with E-state index >= 15 is 0 Å². The number of rotatable bonds is 0. The molecule has 0 radical (unpaired) electrons. The zero-order chi connectivity index (χ0) is 12.1. The first-order valence-corrected chi connectivity index (χ1v) is 6.63. The van der Waals surface area contributed by atoms with Crippen LogP contribution in [0.15, 0.2) is 17.0 Å². The van der Waals surface area contributed by atoms with Crippen molar-refractivity contribution < 1.29 is 5.11 Å². The summed E-state index contributed by atoms with van der Waals surface area (Å²) in [7, 11) is 0. The maximum atomic E-state index is 10.5. The van der Waals surface area contributed by atoms with Crippen molar-refractivity contribution in [3.8, 4) is 0 Å². The highest BCUT2D eigenvalue weighted by Gasteiger charge is 2.39. The van der Waals surface area contributed by atoms with Gasteiger partial charge in [-0.1, -0.05) is 13.0 Å². The highest BCUT2D eigenvalue weighted by atomic mass is 32.2. The Morgan fingerprint density at radius 3 is 2.50 bits per heavy atom. The van der Waals surface area contributed by atoms with Gasteiger partial charge in [-0.15, -0.1) is 11.8 Å². The van der Waals surface area contributed by atoms with Gasteiger partial charge in [0.2, 0.25) is 0 Å². The summed E-state index contributed by atoms with van der Waals surface area (Å²) in [4.78, 5) is 1.25. The lowest BCUT2D eigenvalue weighted by molar-refractivity contribution is 0.0944. The molecule has 1 aliphatic heterocycles. The summed E-state index contributed by atoms with van der Waals surface area (Å²) < 4.78 is 0.105. The van der Waals surface area contributed by atoms with Crippen LogP contribution in [-0.2, 0) is 0 Å². The van der Waals surface area contributed by atoms with Gasteiger partial charge in [0.15, 0.2) is 0 Å². The number of aryl methyl sites for hydroxylation is 1. The summed E-state index contributed by atoms with van der Waals surface area (Å²) in [5, 5.41) is 10.5. The Morgan fingerprint density at radius 1 is 1.25 bits per heavy atom. The van der Waals surface area contributed by atoms with Crippen LogP contribution in [0.5, 0.6) is 0 Å². The fraction of sp³-hybridized carbons (Fsp3) is 0.571. The van der Waals surface area contributed by atoms with Gasteiger partial charge >= 0.3 is 0 Å². The van der Waals surface area contributed by atoms with Crippen LogP contribution in [0.4, 0.5) is 0 Å². The second-order valence-corrected chi connectivity index (χ2v) is 7.05. The minimum atomic E-state index is -0.328. The molecule has 1 N–H and O–H groups in total. The van der Waals surface area contributed by atoms with Crippen LogP contribution in [0.1, 0.15) is 43.6 Å². The van der Waals surface area contributed by atoms with Gasteiger partial charge in [0.25, 0.3) is 0 Å². The van der Waals surface area contributed by atoms with Crippen molar-refractivity contribution in [1.82, 2.24) is 0 Å². The molecule has 1 aromatic carbocycles. The molecule has 1 aliphatic rings. The van der Waals surface area contributed by atoms with Crippen LogP contribution in [0.25, 0.3) is 0 Å². The summed E-state index contributed by atoms with van der Waals surface area (Å²) in [6.45, 7) is 10.8. The quantitative estimate of drug-likeness (QED) is 0.738. The predicted molar refractivity (Wildman–Crippen MR) is 70.0 cm³/mol. The Hall–Kier alpha value is -0.470. The summed E-state index contributed by atoms with van der Waals surface area (Å²) >= 11 is 1.89. The SMILES string of the molecule is Cc1ccc2c(c1C)C(O)C(C)C(C)(C)S2. The molecule has 0 aliphatic carbocycles. The van der Waals surface area contributed by atoms with E-state index in [9.17, 15) is 5.11 Å². The molecule has 2 heteroatoms. The van der Waals surface area contributed by atoms with Crippen LogP contribution in [0, 0.1) is 19.8 Å². The van der Waals surface area contributed by atoms with Crippen LogP contribution in [0.2, 0.25) is 0 Å². The monoisotopic (exact) mass is 236 g/mol. The van der Waals surface area contributed by atoms with Crippen molar-refractivity contribution >= 4 is 11.8 Å². The van der Waals surface area contributed by atoms with E-state index in [1.807, 2.05) is 11.8 Å². The molecule has 1 aromatic rings. The Labute approximate surface area is 102 Å². The number of aliphatic hydroxyl groups excluding tert-OH is 1. The number of hydrogen-bond donors (Lipinski definition) is 1. The number of benzene rings is 1. The van der Waals surface area contributed by atoms with Gasteiger partial charge < -0.3 is 5.11 Å². The van der Waals surface area contributed by atoms with Gasteiger partial charge in [-0.25, -0.2) is 0 Å². The lowest BCUT2D eigenvalue weighted by Gasteiger charge is -2.41. The Kier molecular flexibility index (Phi) is 2.83. The van der Waals surface area contributed by atoms with Crippen LogP contribution < -0.4 is 0 Å². The fourth-order valence-electron chi connectivity index (χ4n) is 2.28. The van der Waals surface area contributed by atoms with Gasteiger partial charge in [-0.05, 0) is 50.5 Å². The van der Waals surface area contributed by atoms with Gasteiger partial charge in [0.05, 0.1) is 6.10 Å². The fourth-order valence-corrected chi connectivity index (χ4v) is 3.68. The number of fused-ring (bicyclic) bond motifs is 1. The first kappa shape index (κ1) is 12.0. The van der Waals surface area contributed by atoms with Crippen molar-refractivity contribution in [3.05, 3.63) is 28.8 Å². The molecule has 0 bridgehead atoms. The normalized spacial score (nSPS) is 27.6. The zero-order valence-corrected chi connectivity index (χ0v) is 11.5. The van der Waals surface area contributed by atoms with Crippen LogP contribution >= 0.6 is 11.8 Å². The molecule has 2 rings (SSSR count). The molecule has 1 nitrogen and oxygen atoms in total. The molecule has 0 fully saturated rings. The molecule has 0 saturated heterocycles. The smallest absolute Gasteiger partial charge is 0.0842 e. The molecule has 16 heavy (non-hydrogen) atoms. The van der Waals surface area contributed by atoms with Crippen LogP contribution in [-0.4, -0.2) is 9.85 Å². The van der Waals surface area contributed by atoms with E-state index in [4.69, 9.17) is 0 Å². The molecule has 0 spiro atoms. The average molecular weight is 236 g/mol. The maximum absolute atomic E-state index is 10.5. The van der Waals surface area contributed by atoms with Gasteiger partial charge in [-0.2, -0.15) is 0 Å². The third-order valence-corrected chi connectivity index (χ3v) is 5.46. The first-order valence-electron chi connectivity index (χ1n) is 5.82. The molecule has 1 heterocycles. The largest absolute Gasteiger partial charge is 0.388 e. The van der Waals surface area contributed by atoms with E-state index in [1.165, 1.54) is 16.0 Å². The minimum absolute atomic E-state index is 0.105. The highest BCUT2D eigenvalue weighted by Crippen LogP contribution is 2.51. The van der Waals surface area contributed by atoms with Crippen LogP contribution in [0.3, 0.4) is 0 Å². The third kappa shape index (κ3) is 1.68. The summed E-state index contributed by atoms with van der Waals surface area (Å²) in [6, 6.07) is 4.30. The summed E-state index contributed by atoms with van der Waals surface area (Å²) in [5.74, 6) is 0.283. The van der Waals surface area contributed by atoms with E-state index in [-0.39, 0.29) is 16.8 Å². The molecule has 2 unspecified atom stereocenters. The molecule has 0 amide bonds. The standard InChI is InChI=1S/C14H20OS/c1-8-6-7-11-12(9(8)2)13(15)10(3)14(4,5)16-11/h6-7,10,13,15H,1-5H3. The van der Waals surface area contributed by atoms with Crippen molar-refractivity contribution in [1.29, 1.82) is 0 Å². The second-order valence-electron chi connectivity index (χ2n) is 5.36. The van der Waals surface area contributed by atoms with Crippen molar-refractivity contribution in [2.24, 2.45) is 5.92 Å². The molecule has 88 valence electrons. The van der Waals surface area contributed by atoms with Gasteiger partial charge in [-0.3, -0.25) is 0 Å². The number of hydrogen-bond acceptors (Lipinski definition) is 2. The maximum Gasteiger partial charge on any atom is 0.0842 e. The van der Waals surface area contributed by atoms with E-state index < -0.39 is 0 Å². The lowest BCUT2D eigenvalue weighted by Crippen LogP contribution is -2.34. The molecule has 0 aromatic heterocycles. The van der Waals surface area contributed by atoms with E-state index in [0.717, 1.165) is 5.56 Å². The average Bonchev–Trinajstić information content (AvgIpc) is 2.20. The van der Waals surface area contributed by atoms with Crippen molar-refractivity contribution in [2.45, 2.75) is 50.4 Å². The lowest BCUT2D eigenvalue weighted by atomic mass is 9.84. The predicted octanol–water partition coefficient (Wildman–Crippen LogP) is 3.86. The minimum Gasteiger partial charge on any atom is -0.388 e. The van der Waals surface area contributed by atoms with Crippen molar-refractivity contribution in [3.63, 3.8) is 0 Å². The van der Waals surface area contributed by atoms with Gasteiger partial charge in [0.1, 0.15) is 0 Å². The summed E-state index contributed by atoms with van der Waals surface area (Å²) in [5.41, 5.74) is 3.67. The Balaban J connectivity index is 2.60. The first-order chi connectivity index (χ1) is 7.34. The molecule has 0 saturated carbocycles. The van der Waals surface area contributed by atoms with E-state index in [1.54, 1.807) is 0 Å². The Morgan fingerprint density at radius 2 is 1.88 bits per heavy atom. The molecular formula is C14H20OS.